The first-order valence-corrected chi connectivity index (χ1v) is 10.7. The van der Waals surface area contributed by atoms with E-state index in [-0.39, 0.29) is 11.6 Å². The van der Waals surface area contributed by atoms with Gasteiger partial charge in [0.25, 0.3) is 0 Å². The maximum Gasteiger partial charge on any atom is 0.355 e. The molecule has 138 valence electrons. The number of piperidine rings is 1. The highest BCUT2D eigenvalue weighted by Gasteiger charge is 2.32. The third kappa shape index (κ3) is 4.95. The van der Waals surface area contributed by atoms with Crippen LogP contribution in [0.3, 0.4) is 0 Å². The molecule has 1 unspecified atom stereocenters. The van der Waals surface area contributed by atoms with Crippen LogP contribution in [0.2, 0.25) is 0 Å². The second-order valence-corrected chi connectivity index (χ2v) is 9.12. The van der Waals surface area contributed by atoms with Crippen molar-refractivity contribution in [2.45, 2.75) is 43.0 Å². The van der Waals surface area contributed by atoms with Crippen LogP contribution in [0.5, 0.6) is 0 Å². The Bertz CT molecular complexity index is 614. The monoisotopic (exact) mass is 383 g/mol. The zero-order chi connectivity index (χ0) is 17.8. The van der Waals surface area contributed by atoms with Crippen LogP contribution in [-0.4, -0.2) is 69.7 Å². The van der Waals surface area contributed by atoms with E-state index in [1.165, 1.54) is 35.9 Å². The Morgan fingerprint density at radius 1 is 1.40 bits per heavy atom. The zero-order valence-corrected chi connectivity index (χ0v) is 16.2. The smallest absolute Gasteiger partial charge is 0.355 e. The fourth-order valence-electron chi connectivity index (χ4n) is 3.49. The molecule has 0 radical (unpaired) electrons. The lowest BCUT2D eigenvalue weighted by Gasteiger charge is -2.34. The summed E-state index contributed by atoms with van der Waals surface area (Å²) in [6, 6.07) is 0.326. The summed E-state index contributed by atoms with van der Waals surface area (Å²) in [5.74, 6) is 0.837. The van der Waals surface area contributed by atoms with Crippen molar-refractivity contribution in [3.63, 3.8) is 0 Å². The SMILES string of the molecule is CC1CCN(CC2CCC(=O)N2CCSc2nc(C(=O)O)cs2)CC1. The molecule has 25 heavy (non-hydrogen) atoms. The Labute approximate surface area is 156 Å². The molecule has 2 aliphatic rings. The lowest BCUT2D eigenvalue weighted by atomic mass is 9.99. The van der Waals surface area contributed by atoms with Gasteiger partial charge in [-0.2, -0.15) is 0 Å². The average molecular weight is 384 g/mol. The van der Waals surface area contributed by atoms with E-state index >= 15 is 0 Å². The Hall–Kier alpha value is -1.12. The molecule has 8 heteroatoms. The van der Waals surface area contributed by atoms with E-state index in [1.54, 1.807) is 5.38 Å². The van der Waals surface area contributed by atoms with Gasteiger partial charge in [0.15, 0.2) is 10.0 Å². The predicted octanol–water partition coefficient (Wildman–Crippen LogP) is 2.66. The maximum absolute atomic E-state index is 12.2. The molecule has 0 aliphatic carbocycles. The van der Waals surface area contributed by atoms with Gasteiger partial charge in [0.2, 0.25) is 5.91 Å². The van der Waals surface area contributed by atoms with Crippen LogP contribution in [0.1, 0.15) is 43.1 Å². The van der Waals surface area contributed by atoms with Crippen LogP contribution in [0, 0.1) is 5.92 Å². The molecule has 1 amide bonds. The zero-order valence-electron chi connectivity index (χ0n) is 14.5. The summed E-state index contributed by atoms with van der Waals surface area (Å²) in [7, 11) is 0. The first-order valence-electron chi connectivity index (χ1n) is 8.86. The van der Waals surface area contributed by atoms with Gasteiger partial charge < -0.3 is 14.9 Å². The molecular formula is C17H25N3O3S2. The first-order chi connectivity index (χ1) is 12.0. The third-order valence-electron chi connectivity index (χ3n) is 5.06. The summed E-state index contributed by atoms with van der Waals surface area (Å²) in [5.41, 5.74) is 0.0990. The summed E-state index contributed by atoms with van der Waals surface area (Å²) in [4.78, 5) is 31.7. The normalized spacial score (nSPS) is 22.7. The van der Waals surface area contributed by atoms with Crippen LogP contribution in [0.4, 0.5) is 0 Å². The number of carbonyl (C=O) groups is 2. The fraction of sp³-hybridized carbons (Fsp3) is 0.706. The van der Waals surface area contributed by atoms with Gasteiger partial charge >= 0.3 is 5.97 Å². The van der Waals surface area contributed by atoms with Gasteiger partial charge in [-0.3, -0.25) is 4.79 Å². The van der Waals surface area contributed by atoms with Crippen molar-refractivity contribution < 1.29 is 14.7 Å². The van der Waals surface area contributed by atoms with Gasteiger partial charge in [0.05, 0.1) is 0 Å². The molecule has 0 bridgehead atoms. The number of likely N-dealkylation sites (tertiary alicyclic amines) is 2. The Morgan fingerprint density at radius 2 is 2.16 bits per heavy atom. The second kappa shape index (κ2) is 8.51. The van der Waals surface area contributed by atoms with E-state index in [4.69, 9.17) is 5.11 Å². The molecule has 2 fully saturated rings. The summed E-state index contributed by atoms with van der Waals surface area (Å²) < 4.78 is 0.755. The Balaban J connectivity index is 1.47. The number of rotatable bonds is 7. The van der Waals surface area contributed by atoms with Crippen LogP contribution in [-0.2, 0) is 4.79 Å². The van der Waals surface area contributed by atoms with Crippen molar-refractivity contribution in [1.82, 2.24) is 14.8 Å². The number of amides is 1. The van der Waals surface area contributed by atoms with Crippen molar-refractivity contribution in [2.24, 2.45) is 5.92 Å². The van der Waals surface area contributed by atoms with E-state index in [0.29, 0.717) is 19.0 Å². The van der Waals surface area contributed by atoms with Crippen molar-refractivity contribution in [1.29, 1.82) is 0 Å². The van der Waals surface area contributed by atoms with Gasteiger partial charge in [-0.25, -0.2) is 9.78 Å². The first kappa shape index (κ1) is 18.7. The third-order valence-corrected chi connectivity index (χ3v) is 7.06. The number of aromatic carboxylic acids is 1. The number of carbonyl (C=O) groups excluding carboxylic acids is 1. The highest BCUT2D eigenvalue weighted by Crippen LogP contribution is 2.26. The number of aromatic nitrogens is 1. The van der Waals surface area contributed by atoms with E-state index in [0.717, 1.165) is 42.1 Å². The van der Waals surface area contributed by atoms with Crippen molar-refractivity contribution >= 4 is 35.0 Å². The van der Waals surface area contributed by atoms with E-state index in [2.05, 4.69) is 16.8 Å². The van der Waals surface area contributed by atoms with E-state index in [9.17, 15) is 9.59 Å². The second-order valence-electron chi connectivity index (χ2n) is 6.92. The fourth-order valence-corrected chi connectivity index (χ4v) is 5.30. The standard InChI is InChI=1S/C17H25N3O3S2/c1-12-4-6-19(7-5-12)10-13-2-3-15(21)20(13)8-9-24-17-18-14(11-25-17)16(22)23/h11-13H,2-10H2,1H3,(H,22,23). The molecule has 1 aromatic rings. The molecule has 2 saturated heterocycles. The minimum absolute atomic E-state index is 0.0990. The molecule has 2 aliphatic heterocycles. The molecule has 0 saturated carbocycles. The van der Waals surface area contributed by atoms with Gasteiger partial charge in [-0.15, -0.1) is 11.3 Å². The topological polar surface area (TPSA) is 73.7 Å². The number of carboxylic acids is 1. The summed E-state index contributed by atoms with van der Waals surface area (Å²) in [6.45, 7) is 6.30. The van der Waals surface area contributed by atoms with Crippen LogP contribution >= 0.6 is 23.1 Å². The quantitative estimate of drug-likeness (QED) is 0.730. The van der Waals surface area contributed by atoms with Crippen LogP contribution in [0.15, 0.2) is 9.72 Å². The Kier molecular flexibility index (Phi) is 6.35. The van der Waals surface area contributed by atoms with Gasteiger partial charge in [0, 0.05) is 36.7 Å². The number of thiazole rings is 1. The molecule has 3 heterocycles. The number of hydrogen-bond acceptors (Lipinski definition) is 6. The lowest BCUT2D eigenvalue weighted by molar-refractivity contribution is -0.128. The summed E-state index contributed by atoms with van der Waals surface area (Å²) in [5, 5.41) is 10.5. The molecule has 3 rings (SSSR count). The highest BCUT2D eigenvalue weighted by atomic mass is 32.2. The largest absolute Gasteiger partial charge is 0.476 e. The minimum atomic E-state index is -0.992. The predicted molar refractivity (Wildman–Crippen MR) is 99.4 cm³/mol. The highest BCUT2D eigenvalue weighted by molar-refractivity contribution is 8.01. The molecule has 1 atom stereocenters. The van der Waals surface area contributed by atoms with Gasteiger partial charge in [0.1, 0.15) is 0 Å². The van der Waals surface area contributed by atoms with Gasteiger partial charge in [-0.05, 0) is 38.3 Å². The number of hydrogen-bond donors (Lipinski definition) is 1. The summed E-state index contributed by atoms with van der Waals surface area (Å²) >= 11 is 2.88. The molecule has 0 aromatic carbocycles. The molecule has 1 aromatic heterocycles. The minimum Gasteiger partial charge on any atom is -0.476 e. The number of carboxylic acid groups (broad SMARTS) is 1. The molecule has 1 N–H and O–H groups in total. The van der Waals surface area contributed by atoms with Crippen molar-refractivity contribution in [3.8, 4) is 0 Å². The van der Waals surface area contributed by atoms with Gasteiger partial charge in [-0.1, -0.05) is 18.7 Å². The van der Waals surface area contributed by atoms with Crippen molar-refractivity contribution in [3.05, 3.63) is 11.1 Å². The van der Waals surface area contributed by atoms with E-state index in [1.807, 2.05) is 4.90 Å². The lowest BCUT2D eigenvalue weighted by Crippen LogP contribution is -2.45. The van der Waals surface area contributed by atoms with E-state index < -0.39 is 5.97 Å². The van der Waals surface area contributed by atoms with Crippen molar-refractivity contribution in [2.75, 3.05) is 31.9 Å². The average Bonchev–Trinajstić information content (AvgIpc) is 3.19. The molecule has 6 nitrogen and oxygen atoms in total. The number of thioether (sulfide) groups is 1. The van der Waals surface area contributed by atoms with Crippen LogP contribution < -0.4 is 0 Å². The maximum atomic E-state index is 12.2. The number of nitrogens with zero attached hydrogens (tertiary/aromatic N) is 3. The molecular weight excluding hydrogens is 358 g/mol. The Morgan fingerprint density at radius 3 is 2.84 bits per heavy atom. The van der Waals surface area contributed by atoms with Crippen LogP contribution in [0.25, 0.3) is 0 Å². The molecule has 0 spiro atoms. The summed E-state index contributed by atoms with van der Waals surface area (Å²) in [6.07, 6.45) is 4.12.